The van der Waals surface area contributed by atoms with Gasteiger partial charge < -0.3 is 15.4 Å². The van der Waals surface area contributed by atoms with Crippen molar-refractivity contribution in [1.82, 2.24) is 9.62 Å². The van der Waals surface area contributed by atoms with Gasteiger partial charge in [-0.2, -0.15) is 13.5 Å². The number of nitrogens with two attached hydrogens (primary N) is 1. The van der Waals surface area contributed by atoms with Crippen molar-refractivity contribution in [3.8, 4) is 5.75 Å². The highest BCUT2D eigenvalue weighted by atomic mass is 35.5. The zero-order valence-electron chi connectivity index (χ0n) is 21.1. The van der Waals surface area contributed by atoms with Crippen LogP contribution in [0.4, 0.5) is 8.78 Å². The van der Waals surface area contributed by atoms with E-state index in [1.807, 2.05) is 10.8 Å². The topological polar surface area (TPSA) is 102 Å². The van der Waals surface area contributed by atoms with Gasteiger partial charge in [0, 0.05) is 19.1 Å². The van der Waals surface area contributed by atoms with Crippen molar-refractivity contribution in [3.63, 3.8) is 0 Å². The van der Waals surface area contributed by atoms with Crippen molar-refractivity contribution in [3.05, 3.63) is 57.7 Å². The van der Waals surface area contributed by atoms with E-state index < -0.39 is 32.8 Å². The molecule has 2 heterocycles. The lowest BCUT2D eigenvalue weighted by Gasteiger charge is -2.35. The Kier molecular flexibility index (Phi) is 8.17. The molecule has 1 amide bonds. The highest BCUT2D eigenvalue weighted by molar-refractivity contribution is 7.89. The number of nitrogens with zero attached hydrogens (tertiary/aromatic N) is 1. The molecule has 210 valence electrons. The van der Waals surface area contributed by atoms with Crippen LogP contribution >= 0.6 is 22.9 Å². The van der Waals surface area contributed by atoms with Crippen LogP contribution in [-0.2, 0) is 20.7 Å². The van der Waals surface area contributed by atoms with Crippen LogP contribution < -0.4 is 15.2 Å². The number of hydrogen-bond donors (Lipinski definition) is 2. The molecule has 1 aliphatic heterocycles. The number of nitrogens with one attached hydrogen (secondary N) is 1. The number of ether oxygens (including phenoxy) is 1. The first-order valence-corrected chi connectivity index (χ1v) is 15.6. The number of sulfonamides is 1. The summed E-state index contributed by atoms with van der Waals surface area (Å²) in [6.07, 6.45) is 5.36. The Labute approximate surface area is 235 Å². The molecule has 0 spiro atoms. The predicted octanol–water partition coefficient (Wildman–Crippen LogP) is 5.26. The van der Waals surface area contributed by atoms with Crippen LogP contribution in [0.2, 0.25) is 4.34 Å². The van der Waals surface area contributed by atoms with Crippen molar-refractivity contribution in [2.45, 2.75) is 67.5 Å². The summed E-state index contributed by atoms with van der Waals surface area (Å²) in [5.74, 6) is -4.15. The van der Waals surface area contributed by atoms with E-state index in [9.17, 15) is 13.2 Å². The number of halogens is 3. The van der Waals surface area contributed by atoms with E-state index in [4.69, 9.17) is 22.1 Å². The van der Waals surface area contributed by atoms with Crippen LogP contribution in [0.1, 0.15) is 43.4 Å². The first kappa shape index (κ1) is 28.2. The van der Waals surface area contributed by atoms with Gasteiger partial charge in [0.15, 0.2) is 6.04 Å². The van der Waals surface area contributed by atoms with Crippen LogP contribution in [0.3, 0.4) is 0 Å². The van der Waals surface area contributed by atoms with E-state index in [1.54, 1.807) is 18.2 Å². The Morgan fingerprint density at radius 3 is 2.38 bits per heavy atom. The maximum atomic E-state index is 15.8. The summed E-state index contributed by atoms with van der Waals surface area (Å²) in [5, 5.41) is 1.35. The van der Waals surface area contributed by atoms with E-state index in [1.165, 1.54) is 23.1 Å². The minimum atomic E-state index is -4.52. The highest BCUT2D eigenvalue weighted by Crippen LogP contribution is 2.39. The van der Waals surface area contributed by atoms with Crippen LogP contribution in [0.15, 0.2) is 53.4 Å². The van der Waals surface area contributed by atoms with Crippen LogP contribution in [0.25, 0.3) is 10.8 Å². The van der Waals surface area contributed by atoms with Crippen molar-refractivity contribution in [2.75, 3.05) is 13.1 Å². The predicted molar refractivity (Wildman–Crippen MR) is 148 cm³/mol. The van der Waals surface area contributed by atoms with Crippen molar-refractivity contribution in [1.29, 1.82) is 0 Å². The van der Waals surface area contributed by atoms with E-state index in [2.05, 4.69) is 0 Å². The minimum Gasteiger partial charge on any atom is -0.490 e. The number of carbonyl (C=O) groups excluding carboxylic acids is 1. The maximum absolute atomic E-state index is 15.8. The second-order valence-corrected chi connectivity index (χ2v) is 13.6. The number of hydrogen-bond acceptors (Lipinski definition) is 6. The summed E-state index contributed by atoms with van der Waals surface area (Å²) in [4.78, 5) is 13.9. The number of carbonyl (C=O) groups is 1. The Morgan fingerprint density at radius 1 is 1.05 bits per heavy atom. The van der Waals surface area contributed by atoms with Gasteiger partial charge in [0.1, 0.15) is 5.75 Å². The number of fused-ring (bicyclic) bond motifs is 1. The van der Waals surface area contributed by atoms with Gasteiger partial charge >= 0.3 is 5.92 Å². The molecule has 2 aromatic carbocycles. The third-order valence-electron chi connectivity index (χ3n) is 7.33. The fourth-order valence-corrected chi connectivity index (χ4v) is 7.35. The van der Waals surface area contributed by atoms with Crippen LogP contribution in [-0.4, -0.2) is 50.5 Å². The number of thiophene rings is 1. The molecule has 1 saturated carbocycles. The van der Waals surface area contributed by atoms with E-state index >= 15 is 8.78 Å². The molecule has 1 aromatic heterocycles. The number of alkyl halides is 2. The van der Waals surface area contributed by atoms with Gasteiger partial charge in [-0.05, 0) is 85.7 Å². The Morgan fingerprint density at radius 2 is 1.72 bits per heavy atom. The fraction of sp³-hybridized carbons (Fsp3) is 0.444. The van der Waals surface area contributed by atoms with Crippen LogP contribution in [0.5, 0.6) is 5.75 Å². The van der Waals surface area contributed by atoms with Gasteiger partial charge in [-0.25, -0.2) is 8.42 Å². The Bertz CT molecular complexity index is 1450. The number of benzene rings is 2. The zero-order valence-corrected chi connectivity index (χ0v) is 23.5. The molecule has 5 rings (SSSR count). The number of amides is 1. The molecule has 2 aliphatic rings. The minimum absolute atomic E-state index is 0.105. The first-order chi connectivity index (χ1) is 18.5. The third kappa shape index (κ3) is 6.22. The van der Waals surface area contributed by atoms with E-state index in [-0.39, 0.29) is 34.5 Å². The monoisotopic (exact) mass is 597 g/mol. The molecule has 0 unspecified atom stereocenters. The largest absolute Gasteiger partial charge is 0.490 e. The summed E-state index contributed by atoms with van der Waals surface area (Å²) in [6, 6.07) is 9.59. The van der Waals surface area contributed by atoms with Crippen molar-refractivity contribution < 1.29 is 26.7 Å². The molecule has 0 radical (unpaired) electrons. The molecular formula is C27H30ClF2N3O4S2. The maximum Gasteiger partial charge on any atom is 0.307 e. The van der Waals surface area contributed by atoms with E-state index in [0.29, 0.717) is 35.3 Å². The Hall–Kier alpha value is -2.31. The van der Waals surface area contributed by atoms with Gasteiger partial charge in [-0.15, -0.1) is 11.3 Å². The first-order valence-electron chi connectivity index (χ1n) is 12.9. The lowest BCUT2D eigenvalue weighted by Crippen LogP contribution is -2.57. The SMILES string of the molecule is NC1CCN(C(=O)[C@H](NS(=O)(=O)c2ccc3cc(OC4CCCC4)ccc3c2)C(F)(F)c2ccc(Cl)s2)CC1. The average molecular weight is 598 g/mol. The van der Waals surface area contributed by atoms with Crippen molar-refractivity contribution in [2.24, 2.45) is 5.73 Å². The van der Waals surface area contributed by atoms with Gasteiger partial charge in [-0.3, -0.25) is 4.79 Å². The normalized spacial score (nSPS) is 18.5. The molecule has 1 saturated heterocycles. The molecule has 7 nitrogen and oxygen atoms in total. The highest BCUT2D eigenvalue weighted by Gasteiger charge is 2.50. The van der Waals surface area contributed by atoms with Crippen LogP contribution in [0, 0.1) is 0 Å². The smallest absolute Gasteiger partial charge is 0.307 e. The average Bonchev–Trinajstić information content (AvgIpc) is 3.59. The lowest BCUT2D eigenvalue weighted by atomic mass is 10.0. The second kappa shape index (κ2) is 11.3. The third-order valence-corrected chi connectivity index (χ3v) is 10.1. The van der Waals surface area contributed by atoms with Gasteiger partial charge in [0.2, 0.25) is 15.9 Å². The lowest BCUT2D eigenvalue weighted by molar-refractivity contribution is -0.145. The number of likely N-dealkylation sites (tertiary alicyclic amines) is 1. The zero-order chi connectivity index (χ0) is 27.8. The van der Waals surface area contributed by atoms with Gasteiger partial charge in [-0.1, -0.05) is 23.7 Å². The molecule has 12 heteroatoms. The molecule has 2 fully saturated rings. The molecule has 0 bridgehead atoms. The summed E-state index contributed by atoms with van der Waals surface area (Å²) in [5.41, 5.74) is 5.91. The second-order valence-electron chi connectivity index (χ2n) is 10.1. The van der Waals surface area contributed by atoms with E-state index in [0.717, 1.165) is 37.1 Å². The molecule has 1 atom stereocenters. The molecule has 3 N–H and O–H groups in total. The summed E-state index contributed by atoms with van der Waals surface area (Å²) in [7, 11) is -4.52. The fourth-order valence-electron chi connectivity index (χ4n) is 5.08. The number of rotatable bonds is 8. The summed E-state index contributed by atoms with van der Waals surface area (Å²) >= 11 is 6.49. The molecule has 39 heavy (non-hydrogen) atoms. The molecule has 3 aromatic rings. The molecular weight excluding hydrogens is 568 g/mol. The summed E-state index contributed by atoms with van der Waals surface area (Å²) < 4.78 is 66.5. The number of piperidine rings is 1. The van der Waals surface area contributed by atoms with Gasteiger partial charge in [0.25, 0.3) is 0 Å². The van der Waals surface area contributed by atoms with Crippen molar-refractivity contribution >= 4 is 49.6 Å². The Balaban J connectivity index is 1.43. The standard InChI is InChI=1S/C27H30ClF2N3O4S2/c28-24-10-9-23(38-24)27(29,30)25(26(34)33-13-11-19(31)12-14-33)32-39(35,36)22-8-6-17-15-21(7-5-18(17)16-22)37-20-3-1-2-4-20/h5-10,15-16,19-20,25,32H,1-4,11-14,31H2/t25-/m0/s1. The summed E-state index contributed by atoms with van der Waals surface area (Å²) in [6.45, 7) is 0.335. The quantitative estimate of drug-likeness (QED) is 0.369. The van der Waals surface area contributed by atoms with Gasteiger partial charge in [0.05, 0.1) is 20.2 Å². The molecule has 1 aliphatic carbocycles.